The lowest BCUT2D eigenvalue weighted by Crippen LogP contribution is -2.18. The van der Waals surface area contributed by atoms with Gasteiger partial charge in [0.15, 0.2) is 0 Å². The molecule has 0 radical (unpaired) electrons. The van der Waals surface area contributed by atoms with Gasteiger partial charge in [0, 0.05) is 5.92 Å². The SMILES string of the molecule is C=C1CO[C@H]2CCCCCC[C@@H]12. The second-order valence-electron chi connectivity index (χ2n) is 4.11. The van der Waals surface area contributed by atoms with E-state index in [2.05, 4.69) is 6.58 Å². The highest BCUT2D eigenvalue weighted by molar-refractivity contribution is 5.08. The van der Waals surface area contributed by atoms with E-state index in [4.69, 9.17) is 4.74 Å². The van der Waals surface area contributed by atoms with Gasteiger partial charge in [-0.2, -0.15) is 0 Å². The molecule has 2 atom stereocenters. The summed E-state index contributed by atoms with van der Waals surface area (Å²) in [5, 5.41) is 0. The molecule has 1 saturated carbocycles. The third kappa shape index (κ3) is 1.56. The Bertz CT molecular complexity index is 174. The van der Waals surface area contributed by atoms with E-state index in [0.29, 0.717) is 12.0 Å². The average molecular weight is 166 g/mol. The molecule has 2 aliphatic rings. The summed E-state index contributed by atoms with van der Waals surface area (Å²) >= 11 is 0. The molecule has 1 aliphatic heterocycles. The van der Waals surface area contributed by atoms with Crippen molar-refractivity contribution in [3.8, 4) is 0 Å². The van der Waals surface area contributed by atoms with E-state index in [9.17, 15) is 0 Å². The summed E-state index contributed by atoms with van der Waals surface area (Å²) in [7, 11) is 0. The van der Waals surface area contributed by atoms with Gasteiger partial charge in [-0.1, -0.05) is 32.3 Å². The Hall–Kier alpha value is -0.300. The van der Waals surface area contributed by atoms with E-state index in [1.54, 1.807) is 0 Å². The predicted molar refractivity (Wildman–Crippen MR) is 50.1 cm³/mol. The molecule has 1 saturated heterocycles. The van der Waals surface area contributed by atoms with Crippen molar-refractivity contribution in [2.24, 2.45) is 5.92 Å². The molecular formula is C11H18O. The molecule has 0 bridgehead atoms. The Morgan fingerprint density at radius 2 is 1.83 bits per heavy atom. The summed E-state index contributed by atoms with van der Waals surface area (Å²) < 4.78 is 5.71. The van der Waals surface area contributed by atoms with Crippen molar-refractivity contribution in [3.63, 3.8) is 0 Å². The van der Waals surface area contributed by atoms with Crippen molar-refractivity contribution in [1.82, 2.24) is 0 Å². The van der Waals surface area contributed by atoms with Gasteiger partial charge >= 0.3 is 0 Å². The van der Waals surface area contributed by atoms with E-state index < -0.39 is 0 Å². The van der Waals surface area contributed by atoms with Crippen LogP contribution in [0.25, 0.3) is 0 Å². The molecule has 0 aromatic rings. The zero-order valence-corrected chi connectivity index (χ0v) is 7.72. The summed E-state index contributed by atoms with van der Waals surface area (Å²) in [5.41, 5.74) is 1.35. The molecule has 68 valence electrons. The molecule has 2 rings (SSSR count). The van der Waals surface area contributed by atoms with Crippen LogP contribution in [-0.4, -0.2) is 12.7 Å². The maximum atomic E-state index is 5.71. The first kappa shape index (κ1) is 8.31. The third-order valence-electron chi connectivity index (χ3n) is 3.21. The minimum atomic E-state index is 0.526. The normalized spacial score (nSPS) is 37.2. The fraction of sp³-hybridized carbons (Fsp3) is 0.818. The third-order valence-corrected chi connectivity index (χ3v) is 3.21. The minimum Gasteiger partial charge on any atom is -0.373 e. The van der Waals surface area contributed by atoms with Crippen molar-refractivity contribution in [2.75, 3.05) is 6.61 Å². The number of ether oxygens (including phenoxy) is 1. The van der Waals surface area contributed by atoms with Crippen molar-refractivity contribution in [1.29, 1.82) is 0 Å². The molecule has 1 heterocycles. The van der Waals surface area contributed by atoms with Crippen LogP contribution in [0.1, 0.15) is 38.5 Å². The van der Waals surface area contributed by atoms with Crippen LogP contribution in [0, 0.1) is 5.92 Å². The van der Waals surface area contributed by atoms with Crippen molar-refractivity contribution in [3.05, 3.63) is 12.2 Å². The van der Waals surface area contributed by atoms with Gasteiger partial charge in [-0.15, -0.1) is 0 Å². The maximum Gasteiger partial charge on any atom is 0.0681 e. The Kier molecular flexibility index (Phi) is 2.50. The summed E-state index contributed by atoms with van der Waals surface area (Å²) in [6.45, 7) is 4.91. The van der Waals surface area contributed by atoms with Crippen LogP contribution in [-0.2, 0) is 4.74 Å². The summed E-state index contributed by atoms with van der Waals surface area (Å²) in [6, 6.07) is 0. The van der Waals surface area contributed by atoms with E-state index in [0.717, 1.165) is 6.61 Å². The molecule has 0 N–H and O–H groups in total. The van der Waals surface area contributed by atoms with Crippen LogP contribution in [0.2, 0.25) is 0 Å². The van der Waals surface area contributed by atoms with Gasteiger partial charge in [0.1, 0.15) is 0 Å². The Labute approximate surface area is 74.8 Å². The van der Waals surface area contributed by atoms with Crippen molar-refractivity contribution >= 4 is 0 Å². The minimum absolute atomic E-state index is 0.526. The molecule has 1 heteroatoms. The van der Waals surface area contributed by atoms with E-state index in [1.807, 2.05) is 0 Å². The highest BCUT2D eigenvalue weighted by Gasteiger charge is 2.30. The lowest BCUT2D eigenvalue weighted by molar-refractivity contribution is 0.0751. The molecule has 12 heavy (non-hydrogen) atoms. The second kappa shape index (κ2) is 3.61. The lowest BCUT2D eigenvalue weighted by Gasteiger charge is -2.21. The molecule has 0 spiro atoms. The van der Waals surface area contributed by atoms with Gasteiger partial charge in [0.25, 0.3) is 0 Å². The molecule has 0 aromatic carbocycles. The number of hydrogen-bond acceptors (Lipinski definition) is 1. The second-order valence-corrected chi connectivity index (χ2v) is 4.11. The van der Waals surface area contributed by atoms with Crippen molar-refractivity contribution in [2.45, 2.75) is 44.6 Å². The topological polar surface area (TPSA) is 9.23 Å². The fourth-order valence-electron chi connectivity index (χ4n) is 2.44. The van der Waals surface area contributed by atoms with Gasteiger partial charge in [-0.3, -0.25) is 0 Å². The number of fused-ring (bicyclic) bond motifs is 1. The highest BCUT2D eigenvalue weighted by Crippen LogP contribution is 2.34. The van der Waals surface area contributed by atoms with Gasteiger partial charge in [0.05, 0.1) is 12.7 Å². The predicted octanol–water partition coefficient (Wildman–Crippen LogP) is 2.91. The summed E-state index contributed by atoms with van der Waals surface area (Å²) in [6.07, 6.45) is 8.67. The maximum absolute atomic E-state index is 5.71. The van der Waals surface area contributed by atoms with Gasteiger partial charge in [-0.05, 0) is 18.4 Å². The molecule has 1 aliphatic carbocycles. The van der Waals surface area contributed by atoms with E-state index >= 15 is 0 Å². The van der Waals surface area contributed by atoms with Crippen LogP contribution in [0.4, 0.5) is 0 Å². The first-order valence-electron chi connectivity index (χ1n) is 5.17. The lowest BCUT2D eigenvalue weighted by atomic mass is 9.86. The molecule has 2 fully saturated rings. The fourth-order valence-corrected chi connectivity index (χ4v) is 2.44. The largest absolute Gasteiger partial charge is 0.373 e. The summed E-state index contributed by atoms with van der Waals surface area (Å²) in [4.78, 5) is 0. The molecule has 0 amide bonds. The number of rotatable bonds is 0. The van der Waals surface area contributed by atoms with Gasteiger partial charge in [-0.25, -0.2) is 0 Å². The van der Waals surface area contributed by atoms with Crippen LogP contribution >= 0.6 is 0 Å². The monoisotopic (exact) mass is 166 g/mol. The standard InChI is InChI=1S/C11H18O/c1-9-8-12-11-7-5-3-2-4-6-10(9)11/h10-11H,1-8H2/t10-,11-/m0/s1. The first-order chi connectivity index (χ1) is 5.88. The first-order valence-corrected chi connectivity index (χ1v) is 5.17. The highest BCUT2D eigenvalue weighted by atomic mass is 16.5. The zero-order chi connectivity index (χ0) is 8.39. The van der Waals surface area contributed by atoms with E-state index in [1.165, 1.54) is 44.1 Å². The van der Waals surface area contributed by atoms with E-state index in [-0.39, 0.29) is 0 Å². The molecular weight excluding hydrogens is 148 g/mol. The van der Waals surface area contributed by atoms with Gasteiger partial charge < -0.3 is 4.74 Å². The van der Waals surface area contributed by atoms with Crippen LogP contribution in [0.5, 0.6) is 0 Å². The molecule has 0 unspecified atom stereocenters. The Balaban J connectivity index is 2.00. The Morgan fingerprint density at radius 1 is 1.08 bits per heavy atom. The zero-order valence-electron chi connectivity index (χ0n) is 7.72. The summed E-state index contributed by atoms with van der Waals surface area (Å²) in [5.74, 6) is 0.699. The van der Waals surface area contributed by atoms with Crippen LogP contribution in [0.3, 0.4) is 0 Å². The smallest absolute Gasteiger partial charge is 0.0681 e. The molecule has 0 aromatic heterocycles. The molecule has 1 nitrogen and oxygen atoms in total. The van der Waals surface area contributed by atoms with Crippen LogP contribution < -0.4 is 0 Å². The van der Waals surface area contributed by atoms with Gasteiger partial charge in [0.2, 0.25) is 0 Å². The average Bonchev–Trinajstić information content (AvgIpc) is 2.31. The Morgan fingerprint density at radius 3 is 2.67 bits per heavy atom. The van der Waals surface area contributed by atoms with Crippen molar-refractivity contribution < 1.29 is 4.74 Å². The van der Waals surface area contributed by atoms with Crippen LogP contribution in [0.15, 0.2) is 12.2 Å². The quantitative estimate of drug-likeness (QED) is 0.503. The number of hydrogen-bond donors (Lipinski definition) is 0.